The Bertz CT molecular complexity index is 752. The number of nitrogens with zero attached hydrogens (tertiary/aromatic N) is 2. The third kappa shape index (κ3) is 3.11. The molecule has 0 radical (unpaired) electrons. The molecule has 23 heavy (non-hydrogen) atoms. The Kier molecular flexibility index (Phi) is 3.90. The van der Waals surface area contributed by atoms with Gasteiger partial charge in [-0.15, -0.1) is 0 Å². The van der Waals surface area contributed by atoms with Crippen molar-refractivity contribution in [2.75, 3.05) is 5.32 Å². The topological polar surface area (TPSA) is 84.2 Å². The molecule has 6 heteroatoms. The van der Waals surface area contributed by atoms with Crippen molar-refractivity contribution in [1.29, 1.82) is 0 Å². The molecule has 1 aliphatic rings. The Labute approximate surface area is 134 Å². The van der Waals surface area contributed by atoms with Crippen molar-refractivity contribution in [3.05, 3.63) is 47.3 Å². The summed E-state index contributed by atoms with van der Waals surface area (Å²) >= 11 is 0. The number of hydrogen-bond donors (Lipinski definition) is 2. The normalized spacial score (nSPS) is 19.4. The SMILES string of the molecule is Cc1nn(CC(=O)O)c(C)c1NC(=O)[C@@H]1C[C@H]1c1ccccc1. The predicted octanol–water partition coefficient (Wildman–Crippen LogP) is 2.33. The molecule has 3 rings (SSSR count). The van der Waals surface area contributed by atoms with Crippen molar-refractivity contribution in [1.82, 2.24) is 9.78 Å². The van der Waals surface area contributed by atoms with E-state index in [2.05, 4.69) is 10.4 Å². The van der Waals surface area contributed by atoms with E-state index in [0.717, 1.165) is 6.42 Å². The van der Waals surface area contributed by atoms with Crippen LogP contribution < -0.4 is 5.32 Å². The lowest BCUT2D eigenvalue weighted by atomic mass is 10.1. The smallest absolute Gasteiger partial charge is 0.325 e. The molecule has 1 aliphatic carbocycles. The molecular weight excluding hydrogens is 294 g/mol. The number of hydrogen-bond acceptors (Lipinski definition) is 3. The van der Waals surface area contributed by atoms with Gasteiger partial charge >= 0.3 is 5.97 Å². The number of carboxylic acid groups (broad SMARTS) is 1. The molecule has 0 aliphatic heterocycles. The molecular formula is C17H19N3O3. The van der Waals surface area contributed by atoms with Crippen LogP contribution in [0.5, 0.6) is 0 Å². The lowest BCUT2D eigenvalue weighted by Gasteiger charge is -2.06. The van der Waals surface area contributed by atoms with Crippen molar-refractivity contribution < 1.29 is 14.7 Å². The number of aliphatic carboxylic acids is 1. The number of carbonyl (C=O) groups excluding carboxylic acids is 1. The number of benzene rings is 1. The van der Waals surface area contributed by atoms with Gasteiger partial charge < -0.3 is 10.4 Å². The van der Waals surface area contributed by atoms with Crippen LogP contribution in [0.15, 0.2) is 30.3 Å². The molecule has 0 saturated heterocycles. The van der Waals surface area contributed by atoms with E-state index < -0.39 is 5.97 Å². The summed E-state index contributed by atoms with van der Waals surface area (Å²) in [6.07, 6.45) is 0.844. The Morgan fingerprint density at radius 3 is 2.65 bits per heavy atom. The minimum absolute atomic E-state index is 0.0278. The van der Waals surface area contributed by atoms with E-state index in [1.807, 2.05) is 30.3 Å². The van der Waals surface area contributed by atoms with Crippen molar-refractivity contribution in [3.8, 4) is 0 Å². The number of aromatic nitrogens is 2. The minimum atomic E-state index is -0.959. The van der Waals surface area contributed by atoms with Crippen LogP contribution in [0.1, 0.15) is 29.3 Å². The van der Waals surface area contributed by atoms with E-state index in [-0.39, 0.29) is 24.3 Å². The fourth-order valence-corrected chi connectivity index (χ4v) is 2.93. The van der Waals surface area contributed by atoms with Gasteiger partial charge in [0.15, 0.2) is 0 Å². The van der Waals surface area contributed by atoms with Crippen LogP contribution in [0, 0.1) is 19.8 Å². The average molecular weight is 313 g/mol. The van der Waals surface area contributed by atoms with Crippen molar-refractivity contribution in [2.45, 2.75) is 32.7 Å². The van der Waals surface area contributed by atoms with E-state index in [4.69, 9.17) is 5.11 Å². The summed E-state index contributed by atoms with van der Waals surface area (Å²) < 4.78 is 1.40. The number of anilines is 1. The van der Waals surface area contributed by atoms with Crippen LogP contribution in [0.4, 0.5) is 5.69 Å². The molecule has 2 aromatic rings. The molecule has 0 unspecified atom stereocenters. The van der Waals surface area contributed by atoms with Gasteiger partial charge in [0, 0.05) is 5.92 Å². The maximum atomic E-state index is 12.4. The first-order valence-corrected chi connectivity index (χ1v) is 7.59. The lowest BCUT2D eigenvalue weighted by molar-refractivity contribution is -0.137. The van der Waals surface area contributed by atoms with Crippen molar-refractivity contribution in [3.63, 3.8) is 0 Å². The average Bonchev–Trinajstić information content (AvgIpc) is 3.27. The molecule has 2 N–H and O–H groups in total. The van der Waals surface area contributed by atoms with E-state index in [1.54, 1.807) is 13.8 Å². The standard InChI is InChI=1S/C17H19N3O3/c1-10-16(11(2)20(19-10)9-15(21)22)18-17(23)14-8-13(14)12-6-4-3-5-7-12/h3-7,13-14H,8-9H2,1-2H3,(H,18,23)(H,21,22)/t13-,14+/m0/s1. The predicted molar refractivity (Wildman–Crippen MR) is 85.3 cm³/mol. The summed E-state index contributed by atoms with van der Waals surface area (Å²) in [5, 5.41) is 16.0. The summed E-state index contributed by atoms with van der Waals surface area (Å²) in [4.78, 5) is 23.3. The number of aryl methyl sites for hydroxylation is 1. The summed E-state index contributed by atoms with van der Waals surface area (Å²) in [7, 11) is 0. The van der Waals surface area contributed by atoms with Gasteiger partial charge in [-0.3, -0.25) is 14.3 Å². The third-order valence-corrected chi connectivity index (χ3v) is 4.27. The zero-order chi connectivity index (χ0) is 16.6. The first-order chi connectivity index (χ1) is 11.0. The second-order valence-corrected chi connectivity index (χ2v) is 5.95. The van der Waals surface area contributed by atoms with E-state index >= 15 is 0 Å². The first kappa shape index (κ1) is 15.3. The molecule has 1 fully saturated rings. The van der Waals surface area contributed by atoms with Gasteiger partial charge in [0.2, 0.25) is 5.91 Å². The highest BCUT2D eigenvalue weighted by molar-refractivity contribution is 5.96. The van der Waals surface area contributed by atoms with Crippen LogP contribution in [0.3, 0.4) is 0 Å². The first-order valence-electron chi connectivity index (χ1n) is 7.59. The molecule has 2 atom stereocenters. The molecule has 1 saturated carbocycles. The highest BCUT2D eigenvalue weighted by atomic mass is 16.4. The summed E-state index contributed by atoms with van der Waals surface area (Å²) in [6.45, 7) is 3.32. The van der Waals surface area contributed by atoms with Gasteiger partial charge in [0.1, 0.15) is 6.54 Å². The largest absolute Gasteiger partial charge is 0.480 e. The minimum Gasteiger partial charge on any atom is -0.480 e. The van der Waals surface area contributed by atoms with E-state index in [0.29, 0.717) is 17.1 Å². The molecule has 120 valence electrons. The summed E-state index contributed by atoms with van der Waals surface area (Å²) in [5.41, 5.74) is 3.10. The van der Waals surface area contributed by atoms with E-state index in [1.165, 1.54) is 10.2 Å². The van der Waals surface area contributed by atoms with Crippen molar-refractivity contribution in [2.24, 2.45) is 5.92 Å². The molecule has 1 aromatic heterocycles. The van der Waals surface area contributed by atoms with Crippen LogP contribution in [-0.4, -0.2) is 26.8 Å². The highest BCUT2D eigenvalue weighted by Gasteiger charge is 2.44. The number of nitrogens with one attached hydrogen (secondary N) is 1. The number of carboxylic acids is 1. The highest BCUT2D eigenvalue weighted by Crippen LogP contribution is 2.48. The van der Waals surface area contributed by atoms with Gasteiger partial charge in [-0.25, -0.2) is 0 Å². The second-order valence-electron chi connectivity index (χ2n) is 5.95. The monoisotopic (exact) mass is 313 g/mol. The molecule has 1 heterocycles. The molecule has 0 bridgehead atoms. The number of amides is 1. The van der Waals surface area contributed by atoms with E-state index in [9.17, 15) is 9.59 Å². The van der Waals surface area contributed by atoms with Gasteiger partial charge in [0.05, 0.1) is 17.1 Å². The lowest BCUT2D eigenvalue weighted by Crippen LogP contribution is -2.16. The zero-order valence-corrected chi connectivity index (χ0v) is 13.1. The van der Waals surface area contributed by atoms with Gasteiger partial charge in [-0.1, -0.05) is 30.3 Å². The van der Waals surface area contributed by atoms with Crippen LogP contribution in [0.2, 0.25) is 0 Å². The van der Waals surface area contributed by atoms with Crippen LogP contribution in [0.25, 0.3) is 0 Å². The number of carbonyl (C=O) groups is 2. The second kappa shape index (κ2) is 5.87. The maximum absolute atomic E-state index is 12.4. The summed E-state index contributed by atoms with van der Waals surface area (Å²) in [6, 6.07) is 10.0. The van der Waals surface area contributed by atoms with Gasteiger partial charge in [-0.05, 0) is 31.7 Å². The zero-order valence-electron chi connectivity index (χ0n) is 13.1. The fourth-order valence-electron chi connectivity index (χ4n) is 2.93. The third-order valence-electron chi connectivity index (χ3n) is 4.27. The maximum Gasteiger partial charge on any atom is 0.325 e. The quantitative estimate of drug-likeness (QED) is 0.887. The van der Waals surface area contributed by atoms with Crippen LogP contribution >= 0.6 is 0 Å². The summed E-state index contributed by atoms with van der Waals surface area (Å²) in [5.74, 6) is -0.746. The van der Waals surface area contributed by atoms with Gasteiger partial charge in [-0.2, -0.15) is 5.10 Å². The molecule has 0 spiro atoms. The Morgan fingerprint density at radius 2 is 2.00 bits per heavy atom. The Hall–Kier alpha value is -2.63. The Morgan fingerprint density at radius 1 is 1.30 bits per heavy atom. The molecule has 1 amide bonds. The number of rotatable bonds is 5. The Balaban J connectivity index is 1.70. The van der Waals surface area contributed by atoms with Crippen LogP contribution in [-0.2, 0) is 16.1 Å². The molecule has 1 aromatic carbocycles. The van der Waals surface area contributed by atoms with Gasteiger partial charge in [0.25, 0.3) is 0 Å². The molecule has 6 nitrogen and oxygen atoms in total. The van der Waals surface area contributed by atoms with Crippen molar-refractivity contribution >= 4 is 17.6 Å². The fraction of sp³-hybridized carbons (Fsp3) is 0.353.